The molecule has 0 saturated heterocycles. The lowest BCUT2D eigenvalue weighted by Gasteiger charge is -2.12. The van der Waals surface area contributed by atoms with Gasteiger partial charge in [0, 0.05) is 17.8 Å². The predicted octanol–water partition coefficient (Wildman–Crippen LogP) is 3.93. The Kier molecular flexibility index (Phi) is 4.15. The zero-order valence-corrected chi connectivity index (χ0v) is 13.6. The predicted molar refractivity (Wildman–Crippen MR) is 92.0 cm³/mol. The molecular weight excluding hydrogens is 288 g/mol. The monoisotopic (exact) mass is 308 g/mol. The van der Waals surface area contributed by atoms with Gasteiger partial charge in [0.05, 0.1) is 11.2 Å². The summed E-state index contributed by atoms with van der Waals surface area (Å²) in [6.07, 6.45) is 1.75. The lowest BCUT2D eigenvalue weighted by molar-refractivity contribution is 0.299. The fourth-order valence-electron chi connectivity index (χ4n) is 2.59. The molecule has 0 radical (unpaired) electrons. The van der Waals surface area contributed by atoms with Crippen LogP contribution in [0.25, 0.3) is 10.9 Å². The third-order valence-electron chi connectivity index (χ3n) is 3.89. The van der Waals surface area contributed by atoms with Crippen molar-refractivity contribution in [2.24, 2.45) is 0 Å². The molecule has 0 atom stereocenters. The van der Waals surface area contributed by atoms with Crippen molar-refractivity contribution in [1.29, 1.82) is 0 Å². The van der Waals surface area contributed by atoms with Crippen molar-refractivity contribution in [2.45, 2.75) is 33.3 Å². The number of H-pyrrole nitrogens is 1. The molecule has 3 aromatic rings. The molecule has 0 bridgehead atoms. The van der Waals surface area contributed by atoms with E-state index >= 15 is 0 Å². The maximum atomic E-state index is 12.1. The van der Waals surface area contributed by atoms with Gasteiger partial charge in [-0.2, -0.15) is 0 Å². The van der Waals surface area contributed by atoms with E-state index in [2.05, 4.69) is 9.97 Å². The van der Waals surface area contributed by atoms with Crippen molar-refractivity contribution in [3.8, 4) is 5.75 Å². The van der Waals surface area contributed by atoms with Crippen LogP contribution in [0.2, 0.25) is 0 Å². The van der Waals surface area contributed by atoms with Gasteiger partial charge < -0.3 is 9.72 Å². The number of aryl methyl sites for hydroxylation is 1. The fourth-order valence-corrected chi connectivity index (χ4v) is 2.59. The number of aromatic nitrogens is 2. The molecule has 0 aliphatic rings. The summed E-state index contributed by atoms with van der Waals surface area (Å²) in [4.78, 5) is 19.3. The smallest absolute Gasteiger partial charge is 0.251 e. The molecule has 0 aliphatic heterocycles. The Labute approximate surface area is 135 Å². The third-order valence-corrected chi connectivity index (χ3v) is 3.89. The van der Waals surface area contributed by atoms with Crippen LogP contribution in [0.4, 0.5) is 0 Å². The van der Waals surface area contributed by atoms with Crippen molar-refractivity contribution in [2.75, 3.05) is 0 Å². The molecule has 0 spiro atoms. The molecular formula is C19H20N2O2. The summed E-state index contributed by atoms with van der Waals surface area (Å²) in [5.41, 5.74) is 3.47. The van der Waals surface area contributed by atoms with Crippen molar-refractivity contribution in [3.63, 3.8) is 0 Å². The van der Waals surface area contributed by atoms with Crippen LogP contribution in [0.1, 0.15) is 36.6 Å². The van der Waals surface area contributed by atoms with Gasteiger partial charge in [0.15, 0.2) is 0 Å². The Morgan fingerprint density at radius 1 is 1.22 bits per heavy atom. The van der Waals surface area contributed by atoms with E-state index in [0.717, 1.165) is 33.5 Å². The van der Waals surface area contributed by atoms with Crippen LogP contribution in [-0.2, 0) is 6.61 Å². The molecule has 1 aromatic carbocycles. The van der Waals surface area contributed by atoms with Gasteiger partial charge in [0.2, 0.25) is 0 Å². The summed E-state index contributed by atoms with van der Waals surface area (Å²) in [6, 6.07) is 11.6. The van der Waals surface area contributed by atoms with E-state index < -0.39 is 0 Å². The number of fused-ring (bicyclic) bond motifs is 1. The molecule has 1 N–H and O–H groups in total. The highest BCUT2D eigenvalue weighted by Gasteiger charge is 2.09. The highest BCUT2D eigenvalue weighted by atomic mass is 16.5. The largest absolute Gasteiger partial charge is 0.487 e. The number of aromatic amines is 1. The first-order chi connectivity index (χ1) is 11.0. The van der Waals surface area contributed by atoms with Crippen molar-refractivity contribution in [3.05, 3.63) is 69.8 Å². The second-order valence-electron chi connectivity index (χ2n) is 6.02. The zero-order valence-electron chi connectivity index (χ0n) is 13.6. The van der Waals surface area contributed by atoms with E-state index in [0.29, 0.717) is 6.61 Å². The van der Waals surface area contributed by atoms with Gasteiger partial charge in [-0.15, -0.1) is 0 Å². The summed E-state index contributed by atoms with van der Waals surface area (Å²) in [5.74, 6) is 0.958. The standard InChI is InChI=1S/C19H20N2O2/c1-12(2)16-9-14-8-13(3)18(10-17(14)21-19(16)22)23-11-15-6-4-5-7-20-15/h4-10,12H,11H2,1-3H3,(H,21,22). The molecule has 0 saturated carbocycles. The van der Waals surface area contributed by atoms with Gasteiger partial charge >= 0.3 is 0 Å². The maximum absolute atomic E-state index is 12.1. The average Bonchev–Trinajstić information content (AvgIpc) is 2.53. The first-order valence-electron chi connectivity index (χ1n) is 7.75. The minimum Gasteiger partial charge on any atom is -0.487 e. The van der Waals surface area contributed by atoms with Crippen LogP contribution in [0.15, 0.2) is 47.4 Å². The van der Waals surface area contributed by atoms with Crippen molar-refractivity contribution < 1.29 is 4.74 Å². The first kappa shape index (κ1) is 15.3. The Balaban J connectivity index is 1.94. The zero-order chi connectivity index (χ0) is 16.4. The Bertz CT molecular complexity index is 883. The van der Waals surface area contributed by atoms with Gasteiger partial charge in [-0.05, 0) is 48.1 Å². The summed E-state index contributed by atoms with van der Waals surface area (Å²) >= 11 is 0. The summed E-state index contributed by atoms with van der Waals surface area (Å²) in [5, 5.41) is 1.02. The molecule has 0 fully saturated rings. The quantitative estimate of drug-likeness (QED) is 0.794. The first-order valence-corrected chi connectivity index (χ1v) is 7.75. The van der Waals surface area contributed by atoms with Gasteiger partial charge in [-0.3, -0.25) is 9.78 Å². The average molecular weight is 308 g/mol. The molecule has 4 nitrogen and oxygen atoms in total. The lowest BCUT2D eigenvalue weighted by Crippen LogP contribution is -2.13. The summed E-state index contributed by atoms with van der Waals surface area (Å²) in [7, 11) is 0. The SMILES string of the molecule is Cc1cc2cc(C(C)C)c(=O)[nH]c2cc1OCc1ccccn1. The molecule has 3 rings (SSSR count). The molecule has 2 heterocycles. The van der Waals surface area contributed by atoms with E-state index in [4.69, 9.17) is 4.74 Å². The molecule has 118 valence electrons. The number of nitrogens with zero attached hydrogens (tertiary/aromatic N) is 1. The molecule has 23 heavy (non-hydrogen) atoms. The fraction of sp³-hybridized carbons (Fsp3) is 0.263. The Hall–Kier alpha value is -2.62. The topological polar surface area (TPSA) is 55.0 Å². The lowest BCUT2D eigenvalue weighted by atomic mass is 10.0. The number of rotatable bonds is 4. The second-order valence-corrected chi connectivity index (χ2v) is 6.02. The van der Waals surface area contributed by atoms with Crippen LogP contribution < -0.4 is 10.3 Å². The van der Waals surface area contributed by atoms with Gasteiger partial charge in [-0.1, -0.05) is 19.9 Å². The summed E-state index contributed by atoms with van der Waals surface area (Å²) in [6.45, 7) is 6.45. The van der Waals surface area contributed by atoms with Crippen LogP contribution in [0.3, 0.4) is 0 Å². The number of hydrogen-bond acceptors (Lipinski definition) is 3. The number of benzene rings is 1. The van der Waals surface area contributed by atoms with E-state index in [9.17, 15) is 4.79 Å². The van der Waals surface area contributed by atoms with E-state index in [1.54, 1.807) is 6.20 Å². The number of ether oxygens (including phenoxy) is 1. The van der Waals surface area contributed by atoms with Gasteiger partial charge in [-0.25, -0.2) is 0 Å². The number of hydrogen-bond donors (Lipinski definition) is 1. The van der Waals surface area contributed by atoms with Crippen molar-refractivity contribution in [1.82, 2.24) is 9.97 Å². The Morgan fingerprint density at radius 3 is 2.74 bits per heavy atom. The summed E-state index contributed by atoms with van der Waals surface area (Å²) < 4.78 is 5.86. The maximum Gasteiger partial charge on any atom is 0.251 e. The van der Waals surface area contributed by atoms with Gasteiger partial charge in [0.25, 0.3) is 5.56 Å². The molecule has 0 unspecified atom stereocenters. The number of nitrogens with one attached hydrogen (secondary N) is 1. The van der Waals surface area contributed by atoms with Crippen LogP contribution in [0, 0.1) is 6.92 Å². The van der Waals surface area contributed by atoms with Crippen LogP contribution in [0.5, 0.6) is 5.75 Å². The van der Waals surface area contributed by atoms with E-state index in [1.807, 2.05) is 57.2 Å². The highest BCUT2D eigenvalue weighted by molar-refractivity contribution is 5.81. The Morgan fingerprint density at radius 2 is 2.04 bits per heavy atom. The highest BCUT2D eigenvalue weighted by Crippen LogP contribution is 2.26. The van der Waals surface area contributed by atoms with Gasteiger partial charge in [0.1, 0.15) is 12.4 Å². The van der Waals surface area contributed by atoms with Crippen LogP contribution in [-0.4, -0.2) is 9.97 Å². The van der Waals surface area contributed by atoms with E-state index in [1.165, 1.54) is 0 Å². The second kappa shape index (κ2) is 6.24. The molecule has 0 amide bonds. The van der Waals surface area contributed by atoms with Crippen LogP contribution >= 0.6 is 0 Å². The third kappa shape index (κ3) is 3.26. The molecule has 2 aromatic heterocycles. The van der Waals surface area contributed by atoms with E-state index in [-0.39, 0.29) is 11.5 Å². The number of pyridine rings is 2. The molecule has 4 heteroatoms. The normalized spacial score (nSPS) is 11.1. The minimum absolute atomic E-state index is 0.0352. The van der Waals surface area contributed by atoms with Crippen molar-refractivity contribution >= 4 is 10.9 Å². The minimum atomic E-state index is -0.0352. The molecule has 0 aliphatic carbocycles.